The minimum Gasteiger partial charge on any atom is -0.168 e. The van der Waals surface area contributed by atoms with Crippen LogP contribution in [0.1, 0.15) is 6.42 Å². The van der Waals surface area contributed by atoms with E-state index in [0.717, 1.165) is 0 Å². The first kappa shape index (κ1) is 20.4. The summed E-state index contributed by atoms with van der Waals surface area (Å²) < 4.78 is 26.5. The average molecular weight is 450 g/mol. The molecule has 0 aliphatic heterocycles. The zero-order valence-corrected chi connectivity index (χ0v) is 14.5. The van der Waals surface area contributed by atoms with Crippen LogP contribution in [-0.4, -0.2) is 23.0 Å². The highest BCUT2D eigenvalue weighted by Crippen LogP contribution is 2.60. The summed E-state index contributed by atoms with van der Waals surface area (Å²) in [5, 5.41) is 0. The molecule has 0 aromatic rings. The van der Waals surface area contributed by atoms with Crippen LogP contribution in [0.15, 0.2) is 0 Å². The van der Waals surface area contributed by atoms with Crippen molar-refractivity contribution in [2.45, 2.75) is 29.4 Å². The van der Waals surface area contributed by atoms with Gasteiger partial charge in [-0.25, -0.2) is 0 Å². The number of halogens is 12. The molecule has 0 N–H and O–H groups in total. The van der Waals surface area contributed by atoms with E-state index in [-0.39, 0.29) is 0 Å². The van der Waals surface area contributed by atoms with Crippen LogP contribution in [0.25, 0.3) is 0 Å². The van der Waals surface area contributed by atoms with E-state index in [4.69, 9.17) is 104 Å². The molecule has 0 bridgehead atoms. The Bertz CT molecular complexity index is 302. The third kappa shape index (κ3) is 4.45. The summed E-state index contributed by atoms with van der Waals surface area (Å²) in [6, 6.07) is 0. The zero-order valence-electron chi connectivity index (χ0n) is 7.74. The summed E-state index contributed by atoms with van der Waals surface area (Å²) in [6.07, 6.45) is -6.36. The van der Waals surface area contributed by atoms with Gasteiger partial charge in [-0.2, -0.15) is 13.2 Å². The number of alkyl halides is 12. The second kappa shape index (κ2) is 5.89. The van der Waals surface area contributed by atoms with E-state index in [1.165, 1.54) is 0 Å². The SMILES string of the molecule is FC(F)(F)C(Cl)(Cl)CC(Cl)(Cl)C(Cl)(Cl)C(Cl)(Cl)Cl. The molecule has 0 saturated carbocycles. The molecule has 0 aromatic carbocycles. The van der Waals surface area contributed by atoms with Crippen molar-refractivity contribution in [2.75, 3.05) is 0 Å². The first-order valence-electron chi connectivity index (χ1n) is 3.72. The van der Waals surface area contributed by atoms with Crippen LogP contribution in [0, 0.1) is 0 Å². The van der Waals surface area contributed by atoms with Gasteiger partial charge in [0.25, 0.3) is 0 Å². The van der Waals surface area contributed by atoms with E-state index in [9.17, 15) is 13.2 Å². The van der Waals surface area contributed by atoms with E-state index >= 15 is 0 Å². The fourth-order valence-electron chi connectivity index (χ4n) is 0.697. The zero-order chi connectivity index (χ0) is 15.2. The second-order valence-electron chi connectivity index (χ2n) is 3.16. The Morgan fingerprint density at radius 2 is 0.944 bits per heavy atom. The molecule has 0 unspecified atom stereocenters. The molecule has 0 nitrogen and oxygen atoms in total. The van der Waals surface area contributed by atoms with Gasteiger partial charge >= 0.3 is 6.18 Å². The fraction of sp³-hybridized carbons (Fsp3) is 1.00. The molecule has 0 aliphatic carbocycles. The monoisotopic (exact) mass is 446 g/mol. The van der Waals surface area contributed by atoms with Crippen molar-refractivity contribution in [3.63, 3.8) is 0 Å². The van der Waals surface area contributed by atoms with Crippen molar-refractivity contribution in [3.05, 3.63) is 0 Å². The Balaban J connectivity index is 5.33. The maximum atomic E-state index is 12.5. The molecule has 18 heavy (non-hydrogen) atoms. The normalized spacial score (nSPS) is 16.0. The highest BCUT2D eigenvalue weighted by Gasteiger charge is 2.65. The van der Waals surface area contributed by atoms with Crippen LogP contribution in [-0.2, 0) is 0 Å². The van der Waals surface area contributed by atoms with Gasteiger partial charge in [0.2, 0.25) is 8.13 Å². The summed E-state index contributed by atoms with van der Waals surface area (Å²) in [7, 11) is 0. The molecule has 110 valence electrons. The van der Waals surface area contributed by atoms with Crippen molar-refractivity contribution < 1.29 is 13.2 Å². The third-order valence-electron chi connectivity index (χ3n) is 1.67. The van der Waals surface area contributed by atoms with E-state index in [1.54, 1.807) is 0 Å². The van der Waals surface area contributed by atoms with Crippen LogP contribution in [0.2, 0.25) is 0 Å². The molecule has 0 fully saturated rings. The predicted molar refractivity (Wildman–Crippen MR) is 74.3 cm³/mol. The van der Waals surface area contributed by atoms with Gasteiger partial charge in [-0.3, -0.25) is 0 Å². The maximum Gasteiger partial charge on any atom is 0.421 e. The van der Waals surface area contributed by atoms with Crippen LogP contribution < -0.4 is 0 Å². The highest BCUT2D eigenvalue weighted by molar-refractivity contribution is 6.78. The quantitative estimate of drug-likeness (QED) is 0.414. The molecule has 0 heterocycles. The standard InChI is InChI=1S/C6H2Cl9F3/c7-2(8,4(11,12)5(13,14)15)1-3(9,10)6(16,17)18/h1H2. The highest BCUT2D eigenvalue weighted by atomic mass is 35.6. The number of rotatable bonds is 3. The molecule has 0 aliphatic rings. The number of hydrogen-bond acceptors (Lipinski definition) is 0. The maximum absolute atomic E-state index is 12.5. The van der Waals surface area contributed by atoms with Gasteiger partial charge in [0.15, 0.2) is 8.67 Å². The Morgan fingerprint density at radius 1 is 0.611 bits per heavy atom. The van der Waals surface area contributed by atoms with Gasteiger partial charge < -0.3 is 0 Å². The predicted octanol–water partition coefficient (Wildman–Crippen LogP) is 6.83. The Morgan fingerprint density at radius 3 is 1.17 bits per heavy atom. The molecule has 0 radical (unpaired) electrons. The van der Waals surface area contributed by atoms with E-state index < -0.39 is 29.4 Å². The number of hydrogen-bond donors (Lipinski definition) is 0. The molecular weight excluding hydrogens is 448 g/mol. The Kier molecular flexibility index (Phi) is 6.67. The van der Waals surface area contributed by atoms with Gasteiger partial charge in [0.05, 0.1) is 0 Å². The first-order chi connectivity index (χ1) is 7.46. The molecule has 12 heteroatoms. The van der Waals surface area contributed by atoms with Gasteiger partial charge in [-0.15, -0.1) is 0 Å². The second-order valence-corrected chi connectivity index (χ2v) is 9.73. The van der Waals surface area contributed by atoms with Crippen LogP contribution in [0.4, 0.5) is 13.2 Å². The molecule has 0 spiro atoms. The lowest BCUT2D eigenvalue weighted by Gasteiger charge is -2.40. The minimum atomic E-state index is -5.04. The summed E-state index contributed by atoms with van der Waals surface area (Å²) in [5.74, 6) is 0. The Hall–Kier alpha value is 2.40. The van der Waals surface area contributed by atoms with E-state index in [2.05, 4.69) is 0 Å². The van der Waals surface area contributed by atoms with Crippen molar-refractivity contribution in [3.8, 4) is 0 Å². The van der Waals surface area contributed by atoms with Crippen molar-refractivity contribution in [1.29, 1.82) is 0 Å². The molecule has 0 saturated heterocycles. The van der Waals surface area contributed by atoms with Crippen molar-refractivity contribution in [2.24, 2.45) is 0 Å². The molecule has 0 aromatic heterocycles. The van der Waals surface area contributed by atoms with Crippen LogP contribution in [0.5, 0.6) is 0 Å². The van der Waals surface area contributed by atoms with Gasteiger partial charge in [0.1, 0.15) is 0 Å². The molecular formula is C6H2Cl9F3. The van der Waals surface area contributed by atoms with Crippen molar-refractivity contribution >= 4 is 104 Å². The van der Waals surface area contributed by atoms with Gasteiger partial charge in [-0.05, 0) is 0 Å². The lowest BCUT2D eigenvalue weighted by Crippen LogP contribution is -2.51. The van der Waals surface area contributed by atoms with E-state index in [0.29, 0.717) is 0 Å². The Labute approximate surface area is 146 Å². The van der Waals surface area contributed by atoms with Crippen LogP contribution in [0.3, 0.4) is 0 Å². The lowest BCUT2D eigenvalue weighted by molar-refractivity contribution is -0.143. The van der Waals surface area contributed by atoms with Crippen molar-refractivity contribution in [1.82, 2.24) is 0 Å². The van der Waals surface area contributed by atoms with Crippen LogP contribution >= 0.6 is 104 Å². The minimum absolute atomic E-state index is 1.32. The summed E-state index contributed by atoms with van der Waals surface area (Å²) in [5.41, 5.74) is 0. The summed E-state index contributed by atoms with van der Waals surface area (Å²) in [4.78, 5) is 0. The van der Waals surface area contributed by atoms with E-state index in [1.807, 2.05) is 0 Å². The summed E-state index contributed by atoms with van der Waals surface area (Å²) in [6.45, 7) is 0. The first-order valence-corrected chi connectivity index (χ1v) is 7.13. The topological polar surface area (TPSA) is 0 Å². The van der Waals surface area contributed by atoms with Gasteiger partial charge in [-0.1, -0.05) is 104 Å². The third-order valence-corrected chi connectivity index (χ3v) is 6.23. The molecule has 0 rings (SSSR count). The average Bonchev–Trinajstić information content (AvgIpc) is 1.96. The molecule has 0 atom stereocenters. The smallest absolute Gasteiger partial charge is 0.168 e. The molecule has 0 amide bonds. The van der Waals surface area contributed by atoms with Gasteiger partial charge in [0, 0.05) is 6.42 Å². The largest absolute Gasteiger partial charge is 0.421 e. The fourth-order valence-corrected chi connectivity index (χ4v) is 2.96. The summed E-state index contributed by atoms with van der Waals surface area (Å²) >= 11 is 48.6. The lowest BCUT2D eigenvalue weighted by atomic mass is 10.1.